The number of benzene rings is 1. The van der Waals surface area contributed by atoms with Crippen LogP contribution in [-0.4, -0.2) is 41.3 Å². The smallest absolute Gasteiger partial charge is 0.410 e. The highest BCUT2D eigenvalue weighted by molar-refractivity contribution is 9.10. The van der Waals surface area contributed by atoms with Crippen molar-refractivity contribution in [3.63, 3.8) is 0 Å². The largest absolute Gasteiger partial charge is 0.506 e. The van der Waals surface area contributed by atoms with E-state index in [1.54, 1.807) is 11.0 Å². The minimum Gasteiger partial charge on any atom is -0.506 e. The third-order valence-electron chi connectivity index (χ3n) is 3.09. The van der Waals surface area contributed by atoms with Crippen molar-refractivity contribution < 1.29 is 14.6 Å². The number of rotatable bonds is 7. The average Bonchev–Trinajstić information content (AvgIpc) is 2.44. The number of para-hydroxylation sites is 1. The predicted octanol–water partition coefficient (Wildman–Crippen LogP) is 3.89. The van der Waals surface area contributed by atoms with Gasteiger partial charge in [-0.3, -0.25) is 0 Å². The summed E-state index contributed by atoms with van der Waals surface area (Å²) >= 11 is 3.30. The Balaban J connectivity index is 2.47. The quantitative estimate of drug-likeness (QED) is 0.697. The summed E-state index contributed by atoms with van der Waals surface area (Å²) < 4.78 is 6.09. The maximum absolute atomic E-state index is 12.1. The van der Waals surface area contributed by atoms with Gasteiger partial charge in [-0.2, -0.15) is 0 Å². The van der Waals surface area contributed by atoms with E-state index < -0.39 is 5.60 Å². The summed E-state index contributed by atoms with van der Waals surface area (Å²) in [5, 5.41) is 13.2. The summed E-state index contributed by atoms with van der Waals surface area (Å²) in [5.41, 5.74) is 0.331. The number of carbonyl (C=O) groups excluding carboxylic acids is 1. The van der Waals surface area contributed by atoms with Gasteiger partial charge in [0.05, 0.1) is 4.47 Å². The maximum Gasteiger partial charge on any atom is 0.410 e. The van der Waals surface area contributed by atoms with E-state index in [9.17, 15) is 9.90 Å². The molecule has 0 atom stereocenters. The lowest BCUT2D eigenvalue weighted by molar-refractivity contribution is 0.0252. The number of ether oxygens (including phenoxy) is 1. The first kappa shape index (κ1) is 19.8. The summed E-state index contributed by atoms with van der Waals surface area (Å²) in [5.74, 6) is 0.248. The minimum atomic E-state index is -0.487. The zero-order valence-corrected chi connectivity index (χ0v) is 15.9. The number of nitrogens with one attached hydrogen (secondary N) is 1. The molecule has 0 spiro atoms. The third kappa shape index (κ3) is 7.22. The molecule has 130 valence electrons. The van der Waals surface area contributed by atoms with Crippen LogP contribution in [0.25, 0.3) is 0 Å². The molecule has 0 fully saturated rings. The van der Waals surface area contributed by atoms with Crippen LogP contribution in [0, 0.1) is 0 Å². The van der Waals surface area contributed by atoms with Crippen LogP contribution in [0.3, 0.4) is 0 Å². The first-order valence-corrected chi connectivity index (χ1v) is 8.69. The second kappa shape index (κ2) is 9.13. The van der Waals surface area contributed by atoms with Gasteiger partial charge in [0.1, 0.15) is 11.4 Å². The molecule has 0 radical (unpaired) electrons. The first-order valence-electron chi connectivity index (χ1n) is 7.89. The molecule has 0 aliphatic rings. The second-order valence-corrected chi connectivity index (χ2v) is 7.25. The van der Waals surface area contributed by atoms with Gasteiger partial charge < -0.3 is 20.1 Å². The Morgan fingerprint density at radius 3 is 2.65 bits per heavy atom. The van der Waals surface area contributed by atoms with Gasteiger partial charge in [-0.05, 0) is 49.2 Å². The highest BCUT2D eigenvalue weighted by Gasteiger charge is 2.21. The van der Waals surface area contributed by atoms with E-state index in [0.29, 0.717) is 30.7 Å². The van der Waals surface area contributed by atoms with E-state index in [0.717, 1.165) is 12.0 Å². The summed E-state index contributed by atoms with van der Waals surface area (Å²) in [4.78, 5) is 13.8. The number of amides is 1. The topological polar surface area (TPSA) is 61.8 Å². The highest BCUT2D eigenvalue weighted by atomic mass is 79.9. The molecule has 0 heterocycles. The van der Waals surface area contributed by atoms with E-state index in [-0.39, 0.29) is 11.8 Å². The molecular formula is C17H27BrN2O3. The lowest BCUT2D eigenvalue weighted by Gasteiger charge is -2.27. The number of hydrogen-bond donors (Lipinski definition) is 2. The number of nitrogens with zero attached hydrogens (tertiary/aromatic N) is 1. The van der Waals surface area contributed by atoms with Gasteiger partial charge in [-0.25, -0.2) is 4.79 Å². The molecule has 6 heteroatoms. The molecular weight excluding hydrogens is 360 g/mol. The zero-order chi connectivity index (χ0) is 17.5. The van der Waals surface area contributed by atoms with Crippen LogP contribution < -0.4 is 5.32 Å². The van der Waals surface area contributed by atoms with Gasteiger partial charge in [-0.15, -0.1) is 0 Å². The fourth-order valence-electron chi connectivity index (χ4n) is 2.03. The minimum absolute atomic E-state index is 0.248. The molecule has 1 rings (SSSR count). The van der Waals surface area contributed by atoms with Crippen LogP contribution in [0.2, 0.25) is 0 Å². The van der Waals surface area contributed by atoms with Gasteiger partial charge in [0, 0.05) is 31.7 Å². The zero-order valence-electron chi connectivity index (χ0n) is 14.4. The van der Waals surface area contributed by atoms with E-state index >= 15 is 0 Å². The van der Waals surface area contributed by atoms with Crippen LogP contribution >= 0.6 is 15.9 Å². The van der Waals surface area contributed by atoms with Crippen molar-refractivity contribution in [3.8, 4) is 5.75 Å². The van der Waals surface area contributed by atoms with E-state index in [2.05, 4.69) is 21.2 Å². The van der Waals surface area contributed by atoms with E-state index in [1.165, 1.54) is 0 Å². The lowest BCUT2D eigenvalue weighted by Crippen LogP contribution is -2.40. The number of hydrogen-bond acceptors (Lipinski definition) is 4. The lowest BCUT2D eigenvalue weighted by atomic mass is 10.2. The van der Waals surface area contributed by atoms with Crippen molar-refractivity contribution in [2.75, 3.05) is 19.6 Å². The monoisotopic (exact) mass is 386 g/mol. The predicted molar refractivity (Wildman–Crippen MR) is 95.6 cm³/mol. The summed E-state index contributed by atoms with van der Waals surface area (Å²) in [7, 11) is 0. The van der Waals surface area contributed by atoms with Crippen molar-refractivity contribution in [1.82, 2.24) is 10.2 Å². The van der Waals surface area contributed by atoms with Crippen molar-refractivity contribution in [1.29, 1.82) is 0 Å². The van der Waals surface area contributed by atoms with Crippen molar-refractivity contribution in [2.24, 2.45) is 0 Å². The molecule has 0 saturated heterocycles. The van der Waals surface area contributed by atoms with Crippen LogP contribution in [0.5, 0.6) is 5.75 Å². The average molecular weight is 387 g/mol. The molecule has 0 unspecified atom stereocenters. The van der Waals surface area contributed by atoms with Crippen LogP contribution in [-0.2, 0) is 11.3 Å². The molecule has 5 nitrogen and oxygen atoms in total. The Morgan fingerprint density at radius 1 is 1.35 bits per heavy atom. The normalized spacial score (nSPS) is 11.3. The summed E-state index contributed by atoms with van der Waals surface area (Å²) in [6.45, 7) is 10.0. The molecule has 1 aromatic rings. The molecule has 1 amide bonds. The Hall–Kier alpha value is -1.27. The van der Waals surface area contributed by atoms with Crippen molar-refractivity contribution >= 4 is 22.0 Å². The fourth-order valence-corrected chi connectivity index (χ4v) is 2.44. The van der Waals surface area contributed by atoms with Gasteiger partial charge >= 0.3 is 6.09 Å². The first-order chi connectivity index (χ1) is 10.7. The number of halogens is 1. The summed E-state index contributed by atoms with van der Waals surface area (Å²) in [6.07, 6.45) is 0.595. The standard InChI is InChI=1S/C17H27BrN2O3/c1-5-10-20(16(22)23-17(2,3)4)11-9-19-12-13-7-6-8-14(18)15(13)21/h6-8,19,21H,5,9-12H2,1-4H3. The van der Waals surface area contributed by atoms with E-state index in [1.807, 2.05) is 39.8 Å². The molecule has 0 aliphatic heterocycles. The molecule has 2 N–H and O–H groups in total. The van der Waals surface area contributed by atoms with Gasteiger partial charge in [-0.1, -0.05) is 19.1 Å². The van der Waals surface area contributed by atoms with Gasteiger partial charge in [0.15, 0.2) is 0 Å². The van der Waals surface area contributed by atoms with Gasteiger partial charge in [0.2, 0.25) is 0 Å². The maximum atomic E-state index is 12.1. The molecule has 0 saturated carbocycles. The second-order valence-electron chi connectivity index (χ2n) is 6.39. The third-order valence-corrected chi connectivity index (χ3v) is 3.73. The van der Waals surface area contributed by atoms with Crippen molar-refractivity contribution in [3.05, 3.63) is 28.2 Å². The molecule has 23 heavy (non-hydrogen) atoms. The Kier molecular flexibility index (Phi) is 7.85. The molecule has 1 aromatic carbocycles. The number of aromatic hydroxyl groups is 1. The summed E-state index contributed by atoms with van der Waals surface area (Å²) in [6, 6.07) is 5.54. The van der Waals surface area contributed by atoms with Crippen LogP contribution in [0.15, 0.2) is 22.7 Å². The Labute approximate surface area is 147 Å². The van der Waals surface area contributed by atoms with Crippen LogP contribution in [0.4, 0.5) is 4.79 Å². The molecule has 0 aromatic heterocycles. The van der Waals surface area contributed by atoms with Crippen molar-refractivity contribution in [2.45, 2.75) is 46.3 Å². The molecule has 0 aliphatic carbocycles. The van der Waals surface area contributed by atoms with E-state index in [4.69, 9.17) is 4.74 Å². The van der Waals surface area contributed by atoms with Crippen LogP contribution in [0.1, 0.15) is 39.7 Å². The number of phenols is 1. The van der Waals surface area contributed by atoms with Gasteiger partial charge in [0.25, 0.3) is 0 Å². The Bertz CT molecular complexity index is 515. The number of carbonyl (C=O) groups is 1. The Morgan fingerprint density at radius 2 is 2.04 bits per heavy atom. The highest BCUT2D eigenvalue weighted by Crippen LogP contribution is 2.27. The number of phenolic OH excluding ortho intramolecular Hbond substituents is 1. The SMILES string of the molecule is CCCN(CCNCc1cccc(Br)c1O)C(=O)OC(C)(C)C. The fraction of sp³-hybridized carbons (Fsp3) is 0.588. The molecule has 0 bridgehead atoms.